The van der Waals surface area contributed by atoms with Gasteiger partial charge in [-0.15, -0.1) is 0 Å². The molecule has 3 unspecified atom stereocenters. The molecule has 0 bridgehead atoms. The van der Waals surface area contributed by atoms with E-state index in [0.717, 1.165) is 64.2 Å². The molecule has 0 saturated carbocycles. The summed E-state index contributed by atoms with van der Waals surface area (Å²) in [6.07, 6.45) is 52.7. The molecule has 55 heavy (non-hydrogen) atoms. The van der Waals surface area contributed by atoms with Crippen molar-refractivity contribution >= 4 is 13.7 Å². The molecule has 0 saturated heterocycles. The van der Waals surface area contributed by atoms with Gasteiger partial charge in [-0.25, -0.2) is 4.57 Å². The fourth-order valence-corrected chi connectivity index (χ4v) is 7.00. The first-order valence-electron chi connectivity index (χ1n) is 22.4. The van der Waals surface area contributed by atoms with Crippen molar-refractivity contribution in [1.82, 2.24) is 5.32 Å². The second-order valence-corrected chi connectivity index (χ2v) is 16.3. The maximum Gasteiger partial charge on any atom is 0.472 e. The average Bonchev–Trinajstić information content (AvgIpc) is 3.17. The molecule has 3 atom stereocenters. The molecule has 0 spiro atoms. The van der Waals surface area contributed by atoms with E-state index >= 15 is 0 Å². The third kappa shape index (κ3) is 40.2. The number of hydrogen-bond acceptors (Lipinski definition) is 6. The van der Waals surface area contributed by atoms with Crippen LogP contribution < -0.4 is 11.1 Å². The first kappa shape index (κ1) is 53.2. The van der Waals surface area contributed by atoms with Crippen molar-refractivity contribution in [1.29, 1.82) is 0 Å². The zero-order chi connectivity index (χ0) is 40.3. The fourth-order valence-electron chi connectivity index (χ4n) is 6.24. The van der Waals surface area contributed by atoms with E-state index in [4.69, 9.17) is 14.8 Å². The number of unbranched alkanes of at least 4 members (excludes halogenated alkanes) is 21. The highest BCUT2D eigenvalue weighted by Crippen LogP contribution is 2.43. The fraction of sp³-hybridized carbons (Fsp3) is 0.761. The maximum atomic E-state index is 12.8. The van der Waals surface area contributed by atoms with Gasteiger partial charge >= 0.3 is 7.82 Å². The van der Waals surface area contributed by atoms with Crippen LogP contribution in [0.1, 0.15) is 194 Å². The third-order valence-electron chi connectivity index (χ3n) is 9.60. The minimum atomic E-state index is -4.34. The molecule has 320 valence electrons. The predicted molar refractivity (Wildman–Crippen MR) is 235 cm³/mol. The standard InChI is InChI=1S/C46H85N2O6P/c1-3-5-7-9-11-13-15-17-18-19-20-21-22-23-24-25-26-28-30-32-34-36-38-40-46(50)48-44(43-54-55(51,52)53-42-41-47)45(49)39-37-35-33-31-29-27-16-14-12-10-8-6-4-2/h5,7,11,13,17-18,20-21,37,39,44-45,49H,3-4,6,8-10,12,14-16,19,22-36,38,40-43,47H2,1-2H3,(H,48,50)(H,51,52)/b7-5-,13-11-,18-17-,21-20-,39-37+. The number of nitrogens with one attached hydrogen (secondary N) is 1. The van der Waals surface area contributed by atoms with Crippen molar-refractivity contribution in [3.63, 3.8) is 0 Å². The Morgan fingerprint density at radius 3 is 1.55 bits per heavy atom. The van der Waals surface area contributed by atoms with E-state index in [-0.39, 0.29) is 25.7 Å². The van der Waals surface area contributed by atoms with Crippen molar-refractivity contribution < 1.29 is 28.4 Å². The summed E-state index contributed by atoms with van der Waals surface area (Å²) in [5.41, 5.74) is 5.37. The zero-order valence-electron chi connectivity index (χ0n) is 35.4. The normalized spacial score (nSPS) is 14.6. The lowest BCUT2D eigenvalue weighted by Crippen LogP contribution is -2.45. The van der Waals surface area contributed by atoms with Gasteiger partial charge in [0.1, 0.15) is 0 Å². The van der Waals surface area contributed by atoms with Crippen LogP contribution in [0.4, 0.5) is 0 Å². The van der Waals surface area contributed by atoms with Crippen molar-refractivity contribution in [2.75, 3.05) is 19.8 Å². The summed E-state index contributed by atoms with van der Waals surface area (Å²) >= 11 is 0. The van der Waals surface area contributed by atoms with Crippen LogP contribution in [0.15, 0.2) is 60.8 Å². The second-order valence-electron chi connectivity index (χ2n) is 14.9. The van der Waals surface area contributed by atoms with E-state index in [1.165, 1.54) is 109 Å². The van der Waals surface area contributed by atoms with Crippen LogP contribution in [0.25, 0.3) is 0 Å². The number of nitrogens with two attached hydrogens (primary N) is 1. The first-order valence-corrected chi connectivity index (χ1v) is 23.9. The summed E-state index contributed by atoms with van der Waals surface area (Å²) in [6.45, 7) is 4.01. The van der Waals surface area contributed by atoms with Crippen LogP contribution in [0.5, 0.6) is 0 Å². The van der Waals surface area contributed by atoms with Gasteiger partial charge in [0.15, 0.2) is 0 Å². The number of carbonyl (C=O) groups is 1. The minimum Gasteiger partial charge on any atom is -0.387 e. The molecule has 0 aromatic heterocycles. The zero-order valence-corrected chi connectivity index (χ0v) is 36.3. The Labute approximate surface area is 338 Å². The molecule has 0 aromatic rings. The molecule has 0 aliphatic carbocycles. The van der Waals surface area contributed by atoms with Crippen LogP contribution in [0.2, 0.25) is 0 Å². The topological polar surface area (TPSA) is 131 Å². The molecule has 5 N–H and O–H groups in total. The lowest BCUT2D eigenvalue weighted by atomic mass is 10.0. The summed E-state index contributed by atoms with van der Waals surface area (Å²) in [6, 6.07) is -0.864. The highest BCUT2D eigenvalue weighted by molar-refractivity contribution is 7.47. The summed E-state index contributed by atoms with van der Waals surface area (Å²) in [5, 5.41) is 13.7. The van der Waals surface area contributed by atoms with Crippen LogP contribution in [0.3, 0.4) is 0 Å². The Bertz CT molecular complexity index is 1040. The van der Waals surface area contributed by atoms with E-state index in [9.17, 15) is 19.4 Å². The molecule has 9 heteroatoms. The summed E-state index contributed by atoms with van der Waals surface area (Å²) in [7, 11) is -4.34. The summed E-state index contributed by atoms with van der Waals surface area (Å²) in [4.78, 5) is 22.7. The van der Waals surface area contributed by atoms with Crippen molar-refractivity contribution in [3.05, 3.63) is 60.8 Å². The van der Waals surface area contributed by atoms with Crippen molar-refractivity contribution in [3.8, 4) is 0 Å². The van der Waals surface area contributed by atoms with Gasteiger partial charge in [0.25, 0.3) is 0 Å². The molecule has 8 nitrogen and oxygen atoms in total. The Balaban J connectivity index is 4.14. The number of phosphoric ester groups is 1. The highest BCUT2D eigenvalue weighted by Gasteiger charge is 2.26. The molecule has 0 aliphatic rings. The van der Waals surface area contributed by atoms with Crippen LogP contribution >= 0.6 is 7.82 Å². The number of aliphatic hydroxyl groups is 1. The number of allylic oxidation sites excluding steroid dienone is 9. The van der Waals surface area contributed by atoms with E-state index in [1.54, 1.807) is 6.08 Å². The Kier molecular flexibility index (Phi) is 40.5. The smallest absolute Gasteiger partial charge is 0.387 e. The van der Waals surface area contributed by atoms with Crippen LogP contribution in [-0.2, 0) is 18.4 Å². The Morgan fingerprint density at radius 1 is 0.618 bits per heavy atom. The minimum absolute atomic E-state index is 0.0756. The molecule has 0 rings (SSSR count). The van der Waals surface area contributed by atoms with Crippen LogP contribution in [0, 0.1) is 0 Å². The number of hydrogen-bond donors (Lipinski definition) is 4. The predicted octanol–water partition coefficient (Wildman–Crippen LogP) is 12.7. The Hall–Kier alpha value is -1.80. The monoisotopic (exact) mass is 793 g/mol. The second kappa shape index (κ2) is 41.8. The van der Waals surface area contributed by atoms with E-state index < -0.39 is 20.0 Å². The molecule has 0 aromatic carbocycles. The average molecular weight is 793 g/mol. The largest absolute Gasteiger partial charge is 0.472 e. The van der Waals surface area contributed by atoms with Crippen molar-refractivity contribution in [2.24, 2.45) is 5.73 Å². The number of rotatable bonds is 41. The highest BCUT2D eigenvalue weighted by atomic mass is 31.2. The molecule has 1 amide bonds. The number of aliphatic hydroxyl groups excluding tert-OH is 1. The van der Waals surface area contributed by atoms with E-state index in [0.29, 0.717) is 6.42 Å². The van der Waals surface area contributed by atoms with Crippen LogP contribution in [-0.4, -0.2) is 47.8 Å². The number of amides is 1. The van der Waals surface area contributed by atoms with Gasteiger partial charge in [-0.3, -0.25) is 13.8 Å². The molecule has 0 heterocycles. The number of phosphoric acid groups is 1. The third-order valence-corrected chi connectivity index (χ3v) is 10.6. The quantitative estimate of drug-likeness (QED) is 0.0275. The van der Waals surface area contributed by atoms with E-state index in [2.05, 4.69) is 67.8 Å². The maximum absolute atomic E-state index is 12.8. The van der Waals surface area contributed by atoms with Gasteiger partial charge in [-0.05, 0) is 57.8 Å². The molecular formula is C46H85N2O6P. The molecular weight excluding hydrogens is 707 g/mol. The summed E-state index contributed by atoms with van der Waals surface area (Å²) in [5.74, 6) is -0.202. The van der Waals surface area contributed by atoms with Crippen molar-refractivity contribution in [2.45, 2.75) is 206 Å². The molecule has 0 aliphatic heterocycles. The van der Waals surface area contributed by atoms with Gasteiger partial charge < -0.3 is 21.1 Å². The first-order chi connectivity index (χ1) is 26.9. The lowest BCUT2D eigenvalue weighted by molar-refractivity contribution is -0.123. The van der Waals surface area contributed by atoms with Gasteiger partial charge in [0, 0.05) is 13.0 Å². The number of carbonyl (C=O) groups excluding carboxylic acids is 1. The van der Waals surface area contributed by atoms with Gasteiger partial charge in [-0.2, -0.15) is 0 Å². The van der Waals surface area contributed by atoms with Gasteiger partial charge in [0.05, 0.1) is 25.4 Å². The Morgan fingerprint density at radius 2 is 1.05 bits per heavy atom. The van der Waals surface area contributed by atoms with E-state index in [1.807, 2.05) is 6.08 Å². The summed E-state index contributed by atoms with van der Waals surface area (Å²) < 4.78 is 22.1. The van der Waals surface area contributed by atoms with Gasteiger partial charge in [-0.1, -0.05) is 190 Å². The molecule has 0 radical (unpaired) electrons. The van der Waals surface area contributed by atoms with Gasteiger partial charge in [0.2, 0.25) is 5.91 Å². The molecule has 0 fully saturated rings. The SMILES string of the molecule is CC/C=C\C/C=C\C/C=C\C/C=C\CCCCCCCCCCCCC(=O)NC(COP(=O)(O)OCCN)C(O)/C=C/CCCCCCCCCCCCC. The lowest BCUT2D eigenvalue weighted by Gasteiger charge is -2.23.